The van der Waals surface area contributed by atoms with Gasteiger partial charge < -0.3 is 10.3 Å². The molecule has 0 unspecified atom stereocenters. The third-order valence-corrected chi connectivity index (χ3v) is 7.06. The van der Waals surface area contributed by atoms with Crippen molar-refractivity contribution in [2.75, 3.05) is 6.54 Å². The molecule has 154 valence electrons. The summed E-state index contributed by atoms with van der Waals surface area (Å²) in [7, 11) is 0. The first kappa shape index (κ1) is 21.3. The van der Waals surface area contributed by atoms with Gasteiger partial charge in [-0.15, -0.1) is 11.3 Å². The Morgan fingerprint density at radius 1 is 1.16 bits per heavy atom. The number of benzene rings is 2. The summed E-state index contributed by atoms with van der Waals surface area (Å²) >= 11 is 9.08. The third kappa shape index (κ3) is 5.39. The summed E-state index contributed by atoms with van der Waals surface area (Å²) in [6, 6.07) is 21.6. The monoisotopic (exact) mass is 463 g/mol. The number of fused-ring (bicyclic) bond motifs is 1. The second kappa shape index (κ2) is 9.88. The van der Waals surface area contributed by atoms with E-state index >= 15 is 0 Å². The molecule has 0 aliphatic rings. The van der Waals surface area contributed by atoms with Crippen molar-refractivity contribution >= 4 is 57.6 Å². The van der Waals surface area contributed by atoms with Crippen LogP contribution in [0, 0.1) is 11.3 Å². The number of nitrogens with zero attached hydrogens (tertiary/aromatic N) is 1. The van der Waals surface area contributed by atoms with E-state index in [-0.39, 0.29) is 11.5 Å². The fraction of sp³-hybridized carbons (Fsp3) is 0.0833. The lowest BCUT2D eigenvalue weighted by Gasteiger charge is -2.04. The first-order valence-corrected chi connectivity index (χ1v) is 11.6. The molecular weight excluding hydrogens is 446 g/mol. The number of aromatic amines is 1. The van der Waals surface area contributed by atoms with Crippen molar-refractivity contribution in [2.45, 2.75) is 15.5 Å². The number of aromatic nitrogens is 1. The first-order valence-electron chi connectivity index (χ1n) is 9.60. The number of para-hydroxylation sites is 1. The standard InChI is InChI=1S/C24H18ClN3OS2/c25-18-5-7-19(8-6-18)30-23-10-9-20(31-23)13-17(14-26)24(29)27-12-11-16-15-28-22-4-2-1-3-21(16)22/h1-10,13,15,28H,11-12H2,(H,27,29)/b17-13-. The van der Waals surface area contributed by atoms with Crippen molar-refractivity contribution in [3.63, 3.8) is 0 Å². The molecule has 31 heavy (non-hydrogen) atoms. The Morgan fingerprint density at radius 2 is 1.97 bits per heavy atom. The zero-order valence-electron chi connectivity index (χ0n) is 16.4. The van der Waals surface area contributed by atoms with Crippen LogP contribution in [0.15, 0.2) is 81.5 Å². The van der Waals surface area contributed by atoms with Crippen LogP contribution in [-0.4, -0.2) is 17.4 Å². The van der Waals surface area contributed by atoms with Crippen LogP contribution in [0.25, 0.3) is 17.0 Å². The molecule has 2 aromatic heterocycles. The maximum atomic E-state index is 12.5. The molecule has 0 spiro atoms. The van der Waals surface area contributed by atoms with Gasteiger partial charge in [-0.1, -0.05) is 41.6 Å². The molecule has 0 aliphatic carbocycles. The molecule has 4 nitrogen and oxygen atoms in total. The molecule has 0 atom stereocenters. The van der Waals surface area contributed by atoms with Crippen LogP contribution in [0.4, 0.5) is 0 Å². The molecule has 0 bridgehead atoms. The molecule has 7 heteroatoms. The zero-order chi connectivity index (χ0) is 21.6. The minimum atomic E-state index is -0.359. The Morgan fingerprint density at radius 3 is 2.77 bits per heavy atom. The van der Waals surface area contributed by atoms with Crippen molar-refractivity contribution in [1.29, 1.82) is 5.26 Å². The number of amides is 1. The maximum Gasteiger partial charge on any atom is 0.261 e. The highest BCUT2D eigenvalue weighted by Crippen LogP contribution is 2.34. The number of hydrogen-bond donors (Lipinski definition) is 2. The van der Waals surface area contributed by atoms with Crippen LogP contribution in [0.5, 0.6) is 0 Å². The van der Waals surface area contributed by atoms with E-state index in [0.717, 1.165) is 30.4 Å². The van der Waals surface area contributed by atoms with Gasteiger partial charge in [-0.25, -0.2) is 0 Å². The predicted octanol–water partition coefficient (Wildman–Crippen LogP) is 6.30. The van der Waals surface area contributed by atoms with Gasteiger partial charge in [-0.05, 0) is 60.5 Å². The molecule has 2 aromatic carbocycles. The zero-order valence-corrected chi connectivity index (χ0v) is 18.8. The Hall–Kier alpha value is -2.98. The maximum absolute atomic E-state index is 12.5. The van der Waals surface area contributed by atoms with Crippen molar-refractivity contribution in [1.82, 2.24) is 10.3 Å². The minimum absolute atomic E-state index is 0.101. The molecule has 0 saturated heterocycles. The Kier molecular flexibility index (Phi) is 6.78. The van der Waals surface area contributed by atoms with E-state index in [4.69, 9.17) is 11.6 Å². The average molecular weight is 464 g/mol. The van der Waals surface area contributed by atoms with Crippen molar-refractivity contribution in [3.8, 4) is 6.07 Å². The van der Waals surface area contributed by atoms with Gasteiger partial charge >= 0.3 is 0 Å². The van der Waals surface area contributed by atoms with Crippen molar-refractivity contribution < 1.29 is 4.79 Å². The smallest absolute Gasteiger partial charge is 0.261 e. The Balaban J connectivity index is 1.36. The number of carbonyl (C=O) groups is 1. The lowest BCUT2D eigenvalue weighted by Crippen LogP contribution is -2.26. The number of carbonyl (C=O) groups excluding carboxylic acids is 1. The van der Waals surface area contributed by atoms with Gasteiger partial charge in [-0.2, -0.15) is 5.26 Å². The molecule has 0 radical (unpaired) electrons. The largest absolute Gasteiger partial charge is 0.361 e. The molecule has 4 aromatic rings. The van der Waals surface area contributed by atoms with Gasteiger partial charge in [0.1, 0.15) is 11.6 Å². The molecule has 4 rings (SSSR count). The third-order valence-electron chi connectivity index (χ3n) is 4.64. The van der Waals surface area contributed by atoms with Gasteiger partial charge in [0, 0.05) is 38.4 Å². The van der Waals surface area contributed by atoms with Gasteiger partial charge in [0.25, 0.3) is 5.91 Å². The first-order chi connectivity index (χ1) is 15.1. The van der Waals surface area contributed by atoms with Crippen LogP contribution >= 0.6 is 34.7 Å². The summed E-state index contributed by atoms with van der Waals surface area (Å²) in [5.74, 6) is -0.359. The van der Waals surface area contributed by atoms with Gasteiger partial charge in [0.15, 0.2) is 0 Å². The molecule has 2 N–H and O–H groups in total. The lowest BCUT2D eigenvalue weighted by atomic mass is 10.1. The number of thiophene rings is 1. The highest BCUT2D eigenvalue weighted by Gasteiger charge is 2.11. The van der Waals surface area contributed by atoms with E-state index in [1.165, 1.54) is 11.3 Å². The van der Waals surface area contributed by atoms with Crippen LogP contribution < -0.4 is 5.32 Å². The lowest BCUT2D eigenvalue weighted by molar-refractivity contribution is -0.117. The number of nitrogens with one attached hydrogen (secondary N) is 2. The van der Waals surface area contributed by atoms with Crippen molar-refractivity contribution in [2.24, 2.45) is 0 Å². The summed E-state index contributed by atoms with van der Waals surface area (Å²) in [6.45, 7) is 0.460. The van der Waals surface area contributed by atoms with E-state index in [2.05, 4.69) is 16.4 Å². The highest BCUT2D eigenvalue weighted by molar-refractivity contribution is 8.01. The second-order valence-corrected chi connectivity index (χ2v) is 9.67. The van der Waals surface area contributed by atoms with Gasteiger partial charge in [0.05, 0.1) is 4.21 Å². The highest BCUT2D eigenvalue weighted by atomic mass is 35.5. The SMILES string of the molecule is N#C/C(=C/c1ccc(Sc2ccc(Cl)cc2)s1)C(=O)NCCc1c[nH]c2ccccc12. The number of hydrogen-bond acceptors (Lipinski definition) is 4. The Bertz CT molecular complexity index is 1280. The fourth-order valence-electron chi connectivity index (χ4n) is 3.12. The molecule has 1 amide bonds. The van der Waals surface area contributed by atoms with E-state index < -0.39 is 0 Å². The summed E-state index contributed by atoms with van der Waals surface area (Å²) in [6.07, 6.45) is 4.29. The number of rotatable bonds is 7. The predicted molar refractivity (Wildman–Crippen MR) is 128 cm³/mol. The number of H-pyrrole nitrogens is 1. The quantitative estimate of drug-likeness (QED) is 0.249. The normalized spacial score (nSPS) is 11.4. The van der Waals surface area contributed by atoms with E-state index in [1.54, 1.807) is 17.8 Å². The number of nitriles is 1. The van der Waals surface area contributed by atoms with E-state index in [0.29, 0.717) is 18.0 Å². The fourth-order valence-corrected chi connectivity index (χ4v) is 5.31. The summed E-state index contributed by atoms with van der Waals surface area (Å²) in [5, 5.41) is 14.2. The summed E-state index contributed by atoms with van der Waals surface area (Å²) < 4.78 is 1.07. The van der Waals surface area contributed by atoms with E-state index in [1.807, 2.05) is 66.9 Å². The van der Waals surface area contributed by atoms with Gasteiger partial charge in [-0.3, -0.25) is 4.79 Å². The van der Waals surface area contributed by atoms with Crippen LogP contribution in [-0.2, 0) is 11.2 Å². The summed E-state index contributed by atoms with van der Waals surface area (Å²) in [5.41, 5.74) is 2.32. The van der Waals surface area contributed by atoms with Crippen LogP contribution in [0.3, 0.4) is 0 Å². The Labute approximate surface area is 193 Å². The molecule has 2 heterocycles. The molecule has 0 fully saturated rings. The van der Waals surface area contributed by atoms with Crippen LogP contribution in [0.2, 0.25) is 5.02 Å². The van der Waals surface area contributed by atoms with Crippen LogP contribution in [0.1, 0.15) is 10.4 Å². The minimum Gasteiger partial charge on any atom is -0.361 e. The molecular formula is C24H18ClN3OS2. The summed E-state index contributed by atoms with van der Waals surface area (Å²) in [4.78, 5) is 17.7. The topological polar surface area (TPSA) is 68.7 Å². The number of halogens is 1. The molecule has 0 aliphatic heterocycles. The molecule has 0 saturated carbocycles. The second-order valence-electron chi connectivity index (χ2n) is 6.75. The van der Waals surface area contributed by atoms with Gasteiger partial charge in [0.2, 0.25) is 0 Å². The van der Waals surface area contributed by atoms with Crippen molar-refractivity contribution in [3.05, 3.63) is 87.9 Å². The average Bonchev–Trinajstić information content (AvgIpc) is 3.40. The van der Waals surface area contributed by atoms with E-state index in [9.17, 15) is 10.1 Å².